The molecule has 7 bridgehead atoms. The molecule has 8 heteroatoms. The maximum atomic E-state index is 12.8. The molecule has 12 unspecified atom stereocenters. The summed E-state index contributed by atoms with van der Waals surface area (Å²) in [4.78, 5) is 14.6. The van der Waals surface area contributed by atoms with Crippen LogP contribution in [0.3, 0.4) is 0 Å². The molecule has 0 aromatic rings. The van der Waals surface area contributed by atoms with Gasteiger partial charge in [0.05, 0.1) is 18.8 Å². The van der Waals surface area contributed by atoms with Gasteiger partial charge >= 0.3 is 5.97 Å². The molecule has 1 aliphatic heterocycles. The SMILES string of the molecule is CCN1CC2(COC)CCC(OC)C34C5CC6C(OC)CC(O)(C5C6OC(C)=O)C(O)(CC23)C14. The Morgan fingerprint density at radius 1 is 1.12 bits per heavy atom. The van der Waals surface area contributed by atoms with Gasteiger partial charge < -0.3 is 29.2 Å². The van der Waals surface area contributed by atoms with E-state index < -0.39 is 17.3 Å². The van der Waals surface area contributed by atoms with E-state index in [9.17, 15) is 15.0 Å². The van der Waals surface area contributed by atoms with E-state index in [2.05, 4.69) is 11.8 Å². The normalized spacial score (nSPS) is 57.0. The number of ether oxygens (including phenoxy) is 4. The van der Waals surface area contributed by atoms with E-state index in [-0.39, 0.29) is 58.7 Å². The lowest BCUT2D eigenvalue weighted by Crippen LogP contribution is -2.81. The molecule has 0 radical (unpaired) electrons. The van der Waals surface area contributed by atoms with Gasteiger partial charge in [-0.25, -0.2) is 0 Å². The van der Waals surface area contributed by atoms with Crippen molar-refractivity contribution in [3.05, 3.63) is 0 Å². The fourth-order valence-corrected chi connectivity index (χ4v) is 11.0. The van der Waals surface area contributed by atoms with Gasteiger partial charge in [0.15, 0.2) is 0 Å². The van der Waals surface area contributed by atoms with E-state index in [0.29, 0.717) is 19.4 Å². The summed E-state index contributed by atoms with van der Waals surface area (Å²) in [6.45, 7) is 5.89. The second kappa shape index (κ2) is 7.39. The average molecular weight is 480 g/mol. The minimum Gasteiger partial charge on any atom is -0.462 e. The summed E-state index contributed by atoms with van der Waals surface area (Å²) < 4.78 is 24.0. The van der Waals surface area contributed by atoms with Gasteiger partial charge in [0.2, 0.25) is 0 Å². The van der Waals surface area contributed by atoms with Crippen molar-refractivity contribution in [3.63, 3.8) is 0 Å². The van der Waals surface area contributed by atoms with Gasteiger partial charge in [-0.15, -0.1) is 0 Å². The highest BCUT2D eigenvalue weighted by Crippen LogP contribution is 2.80. The fourth-order valence-electron chi connectivity index (χ4n) is 11.0. The van der Waals surface area contributed by atoms with Crippen LogP contribution in [0.5, 0.6) is 0 Å². The van der Waals surface area contributed by atoms with E-state index in [1.54, 1.807) is 21.3 Å². The number of esters is 1. The Hall–Kier alpha value is -0.770. The molecule has 0 amide bonds. The molecule has 0 aromatic carbocycles. The van der Waals surface area contributed by atoms with Crippen molar-refractivity contribution in [1.82, 2.24) is 4.90 Å². The molecular weight excluding hydrogens is 438 g/mol. The number of hydrogen-bond donors (Lipinski definition) is 2. The van der Waals surface area contributed by atoms with Crippen LogP contribution in [0.25, 0.3) is 0 Å². The zero-order chi connectivity index (χ0) is 24.3. The average Bonchev–Trinajstić information content (AvgIpc) is 3.19. The van der Waals surface area contributed by atoms with Gasteiger partial charge in [-0.3, -0.25) is 9.69 Å². The van der Waals surface area contributed by atoms with Gasteiger partial charge in [-0.1, -0.05) is 6.92 Å². The minimum absolute atomic E-state index is 0.00793. The molecule has 8 nitrogen and oxygen atoms in total. The standard InChI is InChI=1S/C26H41NO7/c1-6-27-12-23(13-31-3)8-7-19(33-5)26-16-9-15-17(32-4)10-24(29,20(16)21(15)34-14(2)28)25(30,22(26)27)11-18(23)26/h15-22,29-30H,6-13H2,1-5H3. The molecule has 5 aliphatic carbocycles. The molecule has 6 aliphatic rings. The summed E-state index contributed by atoms with van der Waals surface area (Å²) in [6.07, 6.45) is 2.86. The number of piperidine rings is 1. The van der Waals surface area contributed by atoms with Crippen LogP contribution in [0, 0.1) is 34.5 Å². The van der Waals surface area contributed by atoms with Gasteiger partial charge in [0.1, 0.15) is 17.3 Å². The first-order valence-electron chi connectivity index (χ1n) is 13.1. The van der Waals surface area contributed by atoms with E-state index in [0.717, 1.165) is 32.4 Å². The smallest absolute Gasteiger partial charge is 0.302 e. The Bertz CT molecular complexity index is 870. The Labute approximate surface area is 202 Å². The highest BCUT2D eigenvalue weighted by atomic mass is 16.5. The number of methoxy groups -OCH3 is 3. The maximum absolute atomic E-state index is 12.8. The first-order valence-corrected chi connectivity index (χ1v) is 13.1. The number of aliphatic hydroxyl groups is 2. The Kier molecular flexibility index (Phi) is 5.13. The van der Waals surface area contributed by atoms with E-state index >= 15 is 0 Å². The summed E-state index contributed by atoms with van der Waals surface area (Å²) in [6, 6.07) is -0.205. The Morgan fingerprint density at radius 2 is 1.88 bits per heavy atom. The largest absolute Gasteiger partial charge is 0.462 e. The number of fused-ring (bicyclic) bond motifs is 2. The summed E-state index contributed by atoms with van der Waals surface area (Å²) in [5, 5.41) is 25.5. The second-order valence-electron chi connectivity index (χ2n) is 12.2. The van der Waals surface area contributed by atoms with Crippen LogP contribution >= 0.6 is 0 Å². The van der Waals surface area contributed by atoms with Crippen LogP contribution in [0.1, 0.15) is 46.0 Å². The zero-order valence-electron chi connectivity index (χ0n) is 21.2. The van der Waals surface area contributed by atoms with Gasteiger partial charge in [0.25, 0.3) is 0 Å². The van der Waals surface area contributed by atoms with Crippen molar-refractivity contribution in [2.75, 3.05) is 41.0 Å². The van der Waals surface area contributed by atoms with Gasteiger partial charge in [-0.2, -0.15) is 0 Å². The lowest BCUT2D eigenvalue weighted by atomic mass is 9.42. The highest BCUT2D eigenvalue weighted by molar-refractivity contribution is 5.66. The quantitative estimate of drug-likeness (QED) is 0.549. The second-order valence-corrected chi connectivity index (χ2v) is 12.2. The number of hydrogen-bond acceptors (Lipinski definition) is 8. The van der Waals surface area contributed by atoms with Gasteiger partial charge in [-0.05, 0) is 44.1 Å². The number of nitrogens with zero attached hydrogens (tertiary/aromatic N) is 1. The monoisotopic (exact) mass is 479 g/mol. The number of likely N-dealkylation sites (tertiary alicyclic amines) is 1. The predicted molar refractivity (Wildman–Crippen MR) is 122 cm³/mol. The number of carbonyl (C=O) groups excluding carboxylic acids is 1. The van der Waals surface area contributed by atoms with Crippen LogP contribution in [0.15, 0.2) is 0 Å². The molecule has 6 rings (SSSR count). The third-order valence-electron chi connectivity index (χ3n) is 11.5. The Balaban J connectivity index is 1.61. The number of carbonyl (C=O) groups is 1. The van der Waals surface area contributed by atoms with Crippen molar-refractivity contribution in [3.8, 4) is 0 Å². The van der Waals surface area contributed by atoms with Crippen LogP contribution in [-0.4, -0.2) is 97.7 Å². The summed E-state index contributed by atoms with van der Waals surface area (Å²) in [5.74, 6) is -0.414. The number of likely N-dealkylation sites (N-methyl/N-ethyl adjacent to an activating group) is 1. The molecular formula is C26H41NO7. The van der Waals surface area contributed by atoms with Crippen LogP contribution in [-0.2, 0) is 23.7 Å². The van der Waals surface area contributed by atoms with Gasteiger partial charge in [0, 0.05) is 69.9 Å². The first-order chi connectivity index (χ1) is 16.2. The fraction of sp³-hybridized carbons (Fsp3) is 0.962. The molecule has 34 heavy (non-hydrogen) atoms. The lowest BCUT2D eigenvalue weighted by molar-refractivity contribution is -0.315. The highest BCUT2D eigenvalue weighted by Gasteiger charge is 2.88. The van der Waals surface area contributed by atoms with Crippen molar-refractivity contribution in [2.24, 2.45) is 34.5 Å². The summed E-state index contributed by atoms with van der Waals surface area (Å²) in [7, 11) is 5.24. The third kappa shape index (κ3) is 2.39. The molecule has 192 valence electrons. The molecule has 6 fully saturated rings. The molecule has 12 atom stereocenters. The maximum Gasteiger partial charge on any atom is 0.302 e. The Morgan fingerprint density at radius 3 is 2.50 bits per heavy atom. The van der Waals surface area contributed by atoms with Crippen molar-refractivity contribution in [2.45, 2.75) is 81.5 Å². The van der Waals surface area contributed by atoms with E-state index in [1.807, 2.05) is 0 Å². The van der Waals surface area contributed by atoms with Crippen molar-refractivity contribution in [1.29, 1.82) is 0 Å². The molecule has 1 spiro atoms. The topological polar surface area (TPSA) is 97.7 Å². The molecule has 1 saturated heterocycles. The van der Waals surface area contributed by atoms with Crippen LogP contribution in [0.2, 0.25) is 0 Å². The minimum atomic E-state index is -1.40. The molecule has 2 N–H and O–H groups in total. The lowest BCUT2D eigenvalue weighted by Gasteiger charge is -2.70. The molecule has 1 heterocycles. The molecule has 5 saturated carbocycles. The van der Waals surface area contributed by atoms with Crippen LogP contribution < -0.4 is 0 Å². The van der Waals surface area contributed by atoms with Crippen molar-refractivity contribution >= 4 is 5.97 Å². The zero-order valence-corrected chi connectivity index (χ0v) is 21.2. The summed E-state index contributed by atoms with van der Waals surface area (Å²) >= 11 is 0. The number of rotatable bonds is 6. The first kappa shape index (κ1) is 23.6. The van der Waals surface area contributed by atoms with E-state index in [4.69, 9.17) is 18.9 Å². The molecule has 0 aromatic heterocycles. The van der Waals surface area contributed by atoms with Crippen LogP contribution in [0.4, 0.5) is 0 Å². The predicted octanol–water partition coefficient (Wildman–Crippen LogP) is 1.22. The third-order valence-corrected chi connectivity index (χ3v) is 11.5. The summed E-state index contributed by atoms with van der Waals surface area (Å²) in [5.41, 5.74) is -3.16. The van der Waals surface area contributed by atoms with Crippen molar-refractivity contribution < 1.29 is 34.0 Å². The van der Waals surface area contributed by atoms with E-state index in [1.165, 1.54) is 6.92 Å².